The highest BCUT2D eigenvalue weighted by Gasteiger charge is 2.25. The summed E-state index contributed by atoms with van der Waals surface area (Å²) >= 11 is 12.2. The minimum Gasteiger partial charge on any atom is -0.481 e. The van der Waals surface area contributed by atoms with E-state index in [9.17, 15) is 4.79 Å². The SMILES string of the molecule is Cc1cc(N2CCC(C(=O)O)CC2)nc(Nc2cc(Cl)ccc2Cl)n1. The van der Waals surface area contributed by atoms with Crippen molar-refractivity contribution in [3.05, 3.63) is 40.0 Å². The fraction of sp³-hybridized carbons (Fsp3) is 0.353. The molecule has 1 aromatic carbocycles. The van der Waals surface area contributed by atoms with Gasteiger partial charge in [0.25, 0.3) is 0 Å². The summed E-state index contributed by atoms with van der Waals surface area (Å²) in [6.45, 7) is 3.20. The summed E-state index contributed by atoms with van der Waals surface area (Å²) in [5.41, 5.74) is 1.45. The minimum atomic E-state index is -0.725. The molecule has 0 aliphatic carbocycles. The van der Waals surface area contributed by atoms with Crippen LogP contribution >= 0.6 is 23.2 Å². The number of hydrogen-bond acceptors (Lipinski definition) is 5. The molecule has 0 saturated carbocycles. The molecule has 0 unspecified atom stereocenters. The van der Waals surface area contributed by atoms with Crippen LogP contribution in [0, 0.1) is 12.8 Å². The zero-order chi connectivity index (χ0) is 18.0. The normalized spacial score (nSPS) is 15.2. The number of carbonyl (C=O) groups is 1. The molecule has 8 heteroatoms. The van der Waals surface area contributed by atoms with Crippen LogP contribution in [0.4, 0.5) is 17.5 Å². The molecule has 0 spiro atoms. The Kier molecular flexibility index (Phi) is 5.30. The lowest BCUT2D eigenvalue weighted by atomic mass is 9.97. The smallest absolute Gasteiger partial charge is 0.306 e. The third-order valence-corrected chi connectivity index (χ3v) is 4.75. The molecular weight excluding hydrogens is 363 g/mol. The van der Waals surface area contributed by atoms with Gasteiger partial charge in [0.2, 0.25) is 5.95 Å². The zero-order valence-corrected chi connectivity index (χ0v) is 15.2. The number of nitrogens with one attached hydrogen (secondary N) is 1. The van der Waals surface area contributed by atoms with Gasteiger partial charge in [0, 0.05) is 29.9 Å². The standard InChI is InChI=1S/C17H18Cl2N4O2/c1-10-8-15(23-6-4-11(5-7-23)16(24)25)22-17(20-10)21-14-9-12(18)2-3-13(14)19/h2-3,8-9,11H,4-7H2,1H3,(H,24,25)(H,20,21,22). The van der Waals surface area contributed by atoms with Crippen molar-refractivity contribution < 1.29 is 9.90 Å². The Labute approximate surface area is 155 Å². The van der Waals surface area contributed by atoms with Gasteiger partial charge in [0.1, 0.15) is 5.82 Å². The maximum absolute atomic E-state index is 11.1. The lowest BCUT2D eigenvalue weighted by molar-refractivity contribution is -0.142. The number of rotatable bonds is 4. The molecule has 0 radical (unpaired) electrons. The fourth-order valence-electron chi connectivity index (χ4n) is 2.84. The van der Waals surface area contributed by atoms with Crippen molar-refractivity contribution in [1.82, 2.24) is 9.97 Å². The Bertz CT molecular complexity index is 792. The van der Waals surface area contributed by atoms with E-state index < -0.39 is 5.97 Å². The average Bonchev–Trinajstić information content (AvgIpc) is 2.58. The summed E-state index contributed by atoms with van der Waals surface area (Å²) < 4.78 is 0. The molecule has 132 valence electrons. The molecule has 1 aliphatic rings. The van der Waals surface area contributed by atoms with Crippen molar-refractivity contribution in [3.63, 3.8) is 0 Å². The molecule has 0 amide bonds. The van der Waals surface area contributed by atoms with Crippen LogP contribution in [0.5, 0.6) is 0 Å². The van der Waals surface area contributed by atoms with Gasteiger partial charge in [-0.1, -0.05) is 23.2 Å². The highest BCUT2D eigenvalue weighted by molar-refractivity contribution is 6.35. The van der Waals surface area contributed by atoms with E-state index in [1.165, 1.54) is 0 Å². The quantitative estimate of drug-likeness (QED) is 0.829. The predicted molar refractivity (Wildman–Crippen MR) is 99.1 cm³/mol. The number of carboxylic acids is 1. The van der Waals surface area contributed by atoms with Crippen LogP contribution in [0.2, 0.25) is 10.0 Å². The summed E-state index contributed by atoms with van der Waals surface area (Å²) in [6.07, 6.45) is 1.22. The number of halogens is 2. The van der Waals surface area contributed by atoms with Gasteiger partial charge in [-0.25, -0.2) is 4.98 Å². The molecule has 25 heavy (non-hydrogen) atoms. The van der Waals surface area contributed by atoms with Gasteiger partial charge in [0.05, 0.1) is 16.6 Å². The van der Waals surface area contributed by atoms with Crippen LogP contribution in [0.15, 0.2) is 24.3 Å². The highest BCUT2D eigenvalue weighted by atomic mass is 35.5. The second kappa shape index (κ2) is 7.45. The van der Waals surface area contributed by atoms with Crippen molar-refractivity contribution in [1.29, 1.82) is 0 Å². The molecule has 0 bridgehead atoms. The van der Waals surface area contributed by atoms with Gasteiger partial charge in [-0.2, -0.15) is 4.98 Å². The molecule has 6 nitrogen and oxygen atoms in total. The van der Waals surface area contributed by atoms with Gasteiger partial charge < -0.3 is 15.3 Å². The maximum Gasteiger partial charge on any atom is 0.306 e. The van der Waals surface area contributed by atoms with Crippen LogP contribution in [-0.2, 0) is 4.79 Å². The predicted octanol–water partition coefficient (Wildman–Crippen LogP) is 4.14. The van der Waals surface area contributed by atoms with E-state index >= 15 is 0 Å². The van der Waals surface area contributed by atoms with Crippen LogP contribution in [-0.4, -0.2) is 34.1 Å². The number of anilines is 3. The molecule has 1 saturated heterocycles. The van der Waals surface area contributed by atoms with E-state index in [2.05, 4.69) is 20.2 Å². The molecule has 1 aromatic heterocycles. The Morgan fingerprint density at radius 3 is 2.64 bits per heavy atom. The first kappa shape index (κ1) is 17.8. The second-order valence-electron chi connectivity index (χ2n) is 6.04. The van der Waals surface area contributed by atoms with E-state index in [-0.39, 0.29) is 5.92 Å². The van der Waals surface area contributed by atoms with E-state index in [0.717, 1.165) is 11.5 Å². The number of nitrogens with zero attached hydrogens (tertiary/aromatic N) is 3. The number of benzene rings is 1. The third kappa shape index (κ3) is 4.32. The first-order valence-corrected chi connectivity index (χ1v) is 8.73. The number of hydrogen-bond donors (Lipinski definition) is 2. The van der Waals surface area contributed by atoms with Gasteiger partial charge in [-0.15, -0.1) is 0 Å². The number of aliphatic carboxylic acids is 1. The molecule has 3 rings (SSSR count). The Morgan fingerprint density at radius 1 is 1.24 bits per heavy atom. The molecule has 0 atom stereocenters. The van der Waals surface area contributed by atoms with Crippen molar-refractivity contribution in [2.75, 3.05) is 23.3 Å². The molecule has 1 aliphatic heterocycles. The van der Waals surface area contributed by atoms with E-state index in [1.54, 1.807) is 18.2 Å². The molecule has 2 heterocycles. The van der Waals surface area contributed by atoms with Gasteiger partial charge >= 0.3 is 5.97 Å². The summed E-state index contributed by atoms with van der Waals surface area (Å²) in [7, 11) is 0. The van der Waals surface area contributed by atoms with Crippen LogP contribution in [0.25, 0.3) is 0 Å². The Hall–Kier alpha value is -2.05. The van der Waals surface area contributed by atoms with Gasteiger partial charge in [-0.05, 0) is 38.0 Å². The van der Waals surface area contributed by atoms with Crippen LogP contribution in [0.3, 0.4) is 0 Å². The average molecular weight is 381 g/mol. The van der Waals surface area contributed by atoms with Gasteiger partial charge in [0.15, 0.2) is 0 Å². The number of piperidine rings is 1. The molecule has 2 N–H and O–H groups in total. The minimum absolute atomic E-state index is 0.276. The monoisotopic (exact) mass is 380 g/mol. The van der Waals surface area contributed by atoms with E-state index in [4.69, 9.17) is 28.3 Å². The summed E-state index contributed by atoms with van der Waals surface area (Å²) in [4.78, 5) is 22.1. The Morgan fingerprint density at radius 2 is 1.96 bits per heavy atom. The van der Waals surface area contributed by atoms with Crippen LogP contribution in [0.1, 0.15) is 18.5 Å². The first-order valence-electron chi connectivity index (χ1n) is 7.98. The third-order valence-electron chi connectivity index (χ3n) is 4.18. The number of aryl methyl sites for hydroxylation is 1. The lowest BCUT2D eigenvalue weighted by Gasteiger charge is -2.31. The van der Waals surface area contributed by atoms with E-state index in [0.29, 0.717) is 47.6 Å². The molecule has 2 aromatic rings. The van der Waals surface area contributed by atoms with Crippen molar-refractivity contribution in [3.8, 4) is 0 Å². The zero-order valence-electron chi connectivity index (χ0n) is 13.7. The first-order chi connectivity index (χ1) is 11.9. The van der Waals surface area contributed by atoms with Gasteiger partial charge in [-0.3, -0.25) is 4.79 Å². The Balaban J connectivity index is 1.79. The second-order valence-corrected chi connectivity index (χ2v) is 6.88. The molecular formula is C17H18Cl2N4O2. The lowest BCUT2D eigenvalue weighted by Crippen LogP contribution is -2.36. The summed E-state index contributed by atoms with van der Waals surface area (Å²) in [6, 6.07) is 7.03. The number of aromatic nitrogens is 2. The van der Waals surface area contributed by atoms with Crippen molar-refractivity contribution in [2.24, 2.45) is 5.92 Å². The summed E-state index contributed by atoms with van der Waals surface area (Å²) in [5, 5.41) is 13.3. The summed E-state index contributed by atoms with van der Waals surface area (Å²) in [5.74, 6) is 0.204. The highest BCUT2D eigenvalue weighted by Crippen LogP contribution is 2.29. The number of carboxylic acid groups (broad SMARTS) is 1. The molecule has 1 fully saturated rings. The topological polar surface area (TPSA) is 78.4 Å². The largest absolute Gasteiger partial charge is 0.481 e. The van der Waals surface area contributed by atoms with Crippen molar-refractivity contribution >= 4 is 46.6 Å². The maximum atomic E-state index is 11.1. The van der Waals surface area contributed by atoms with Crippen LogP contribution < -0.4 is 10.2 Å². The van der Waals surface area contributed by atoms with Crippen molar-refractivity contribution in [2.45, 2.75) is 19.8 Å². The van der Waals surface area contributed by atoms with E-state index in [1.807, 2.05) is 13.0 Å². The fourth-order valence-corrected chi connectivity index (χ4v) is 3.18.